The first-order valence-electron chi connectivity index (χ1n) is 4.38. The molecule has 1 aliphatic rings. The van der Waals surface area contributed by atoms with Gasteiger partial charge in [-0.1, -0.05) is 30.3 Å². The Morgan fingerprint density at radius 2 is 2.08 bits per heavy atom. The van der Waals surface area contributed by atoms with Crippen molar-refractivity contribution in [3.8, 4) is 0 Å². The van der Waals surface area contributed by atoms with E-state index in [0.717, 1.165) is 6.42 Å². The lowest BCUT2D eigenvalue weighted by Gasteiger charge is -1.98. The summed E-state index contributed by atoms with van der Waals surface area (Å²) >= 11 is 0. The van der Waals surface area contributed by atoms with Crippen molar-refractivity contribution in [1.82, 2.24) is 5.43 Å². The SMILES string of the molecule is NNC(=O)[C@@H]1C[C@H]1c1ccccc1. The van der Waals surface area contributed by atoms with Gasteiger partial charge in [0.25, 0.3) is 0 Å². The predicted octanol–water partition coefficient (Wildman–Crippen LogP) is 0.780. The van der Waals surface area contributed by atoms with E-state index in [0.29, 0.717) is 5.92 Å². The molecule has 0 bridgehead atoms. The number of amides is 1. The van der Waals surface area contributed by atoms with Gasteiger partial charge in [0.05, 0.1) is 0 Å². The number of rotatable bonds is 2. The molecule has 0 radical (unpaired) electrons. The molecular weight excluding hydrogens is 164 g/mol. The average Bonchev–Trinajstić information content (AvgIpc) is 2.98. The van der Waals surface area contributed by atoms with Gasteiger partial charge >= 0.3 is 0 Å². The number of benzene rings is 1. The Labute approximate surface area is 76.9 Å². The van der Waals surface area contributed by atoms with Crippen molar-refractivity contribution in [1.29, 1.82) is 0 Å². The van der Waals surface area contributed by atoms with Gasteiger partial charge in [-0.05, 0) is 17.9 Å². The number of carbonyl (C=O) groups excluding carboxylic acids is 1. The molecule has 1 aliphatic carbocycles. The Balaban J connectivity index is 2.04. The zero-order valence-corrected chi connectivity index (χ0v) is 7.23. The molecule has 0 heterocycles. The molecular formula is C10H12N2O. The first-order valence-corrected chi connectivity index (χ1v) is 4.38. The van der Waals surface area contributed by atoms with Crippen molar-refractivity contribution >= 4 is 5.91 Å². The first kappa shape index (κ1) is 8.26. The molecule has 2 atom stereocenters. The van der Waals surface area contributed by atoms with Crippen molar-refractivity contribution in [2.45, 2.75) is 12.3 Å². The third-order valence-electron chi connectivity index (χ3n) is 2.50. The van der Waals surface area contributed by atoms with Crippen molar-refractivity contribution in [3.05, 3.63) is 35.9 Å². The zero-order valence-electron chi connectivity index (χ0n) is 7.23. The maximum Gasteiger partial charge on any atom is 0.237 e. The fraction of sp³-hybridized carbons (Fsp3) is 0.300. The molecule has 0 saturated heterocycles. The largest absolute Gasteiger partial charge is 0.294 e. The third kappa shape index (κ3) is 1.55. The molecule has 68 valence electrons. The van der Waals surface area contributed by atoms with Crippen LogP contribution in [0.1, 0.15) is 17.9 Å². The molecule has 1 amide bonds. The molecule has 0 aliphatic heterocycles. The number of hydrogen-bond acceptors (Lipinski definition) is 2. The van der Waals surface area contributed by atoms with E-state index in [-0.39, 0.29) is 11.8 Å². The van der Waals surface area contributed by atoms with E-state index in [9.17, 15) is 4.79 Å². The van der Waals surface area contributed by atoms with Crippen LogP contribution in [0.5, 0.6) is 0 Å². The van der Waals surface area contributed by atoms with Crippen LogP contribution in [-0.2, 0) is 4.79 Å². The first-order chi connectivity index (χ1) is 6.33. The van der Waals surface area contributed by atoms with Crippen molar-refractivity contribution < 1.29 is 4.79 Å². The van der Waals surface area contributed by atoms with Crippen LogP contribution >= 0.6 is 0 Å². The topological polar surface area (TPSA) is 55.1 Å². The molecule has 0 spiro atoms. The van der Waals surface area contributed by atoms with Crippen molar-refractivity contribution in [2.75, 3.05) is 0 Å². The molecule has 3 N–H and O–H groups in total. The Morgan fingerprint density at radius 3 is 2.69 bits per heavy atom. The lowest BCUT2D eigenvalue weighted by molar-refractivity contribution is -0.122. The highest BCUT2D eigenvalue weighted by Crippen LogP contribution is 2.47. The summed E-state index contributed by atoms with van der Waals surface area (Å²) in [6, 6.07) is 10.1. The summed E-state index contributed by atoms with van der Waals surface area (Å²) in [5.41, 5.74) is 3.42. The second-order valence-corrected chi connectivity index (χ2v) is 3.37. The normalized spacial score (nSPS) is 25.3. The number of carbonyl (C=O) groups is 1. The lowest BCUT2D eigenvalue weighted by Crippen LogP contribution is -2.31. The van der Waals surface area contributed by atoms with E-state index in [1.807, 2.05) is 18.2 Å². The third-order valence-corrected chi connectivity index (χ3v) is 2.50. The van der Waals surface area contributed by atoms with Gasteiger partial charge in [0.15, 0.2) is 0 Å². The van der Waals surface area contributed by atoms with Crippen LogP contribution in [0.2, 0.25) is 0 Å². The second kappa shape index (κ2) is 3.18. The van der Waals surface area contributed by atoms with E-state index in [2.05, 4.69) is 17.6 Å². The minimum Gasteiger partial charge on any atom is -0.294 e. The van der Waals surface area contributed by atoms with Gasteiger partial charge in [-0.15, -0.1) is 0 Å². The highest BCUT2D eigenvalue weighted by atomic mass is 16.2. The average molecular weight is 176 g/mol. The molecule has 1 aromatic carbocycles. The summed E-state index contributed by atoms with van der Waals surface area (Å²) < 4.78 is 0. The molecule has 1 saturated carbocycles. The van der Waals surface area contributed by atoms with Gasteiger partial charge in [-0.3, -0.25) is 10.2 Å². The Hall–Kier alpha value is -1.35. The van der Waals surface area contributed by atoms with E-state index in [1.54, 1.807) is 0 Å². The Morgan fingerprint density at radius 1 is 1.38 bits per heavy atom. The molecule has 2 rings (SSSR count). The fourth-order valence-corrected chi connectivity index (χ4v) is 1.66. The summed E-state index contributed by atoms with van der Waals surface area (Å²) in [7, 11) is 0. The second-order valence-electron chi connectivity index (χ2n) is 3.37. The van der Waals surface area contributed by atoms with Crippen LogP contribution in [0.25, 0.3) is 0 Å². The van der Waals surface area contributed by atoms with Crippen LogP contribution in [0.3, 0.4) is 0 Å². The van der Waals surface area contributed by atoms with Crippen molar-refractivity contribution in [3.63, 3.8) is 0 Å². The number of nitrogens with one attached hydrogen (secondary N) is 1. The monoisotopic (exact) mass is 176 g/mol. The highest BCUT2D eigenvalue weighted by molar-refractivity contribution is 5.82. The van der Waals surface area contributed by atoms with E-state index < -0.39 is 0 Å². The summed E-state index contributed by atoms with van der Waals surface area (Å²) in [4.78, 5) is 11.1. The predicted molar refractivity (Wildman–Crippen MR) is 49.6 cm³/mol. The van der Waals surface area contributed by atoms with Gasteiger partial charge in [-0.25, -0.2) is 5.84 Å². The summed E-state index contributed by atoms with van der Waals surface area (Å²) in [5, 5.41) is 0. The lowest BCUT2D eigenvalue weighted by atomic mass is 10.1. The summed E-state index contributed by atoms with van der Waals surface area (Å²) in [6.45, 7) is 0. The quantitative estimate of drug-likeness (QED) is 0.397. The molecule has 3 nitrogen and oxygen atoms in total. The fourth-order valence-electron chi connectivity index (χ4n) is 1.66. The summed E-state index contributed by atoms with van der Waals surface area (Å²) in [5.74, 6) is 5.48. The zero-order chi connectivity index (χ0) is 9.26. The van der Waals surface area contributed by atoms with Gasteiger partial charge < -0.3 is 0 Å². The van der Waals surface area contributed by atoms with Gasteiger partial charge in [0.1, 0.15) is 0 Å². The Kier molecular flexibility index (Phi) is 2.02. The molecule has 1 fully saturated rings. The minimum absolute atomic E-state index is 0.0474. The van der Waals surface area contributed by atoms with E-state index >= 15 is 0 Å². The number of hydrazine groups is 1. The van der Waals surface area contributed by atoms with Crippen LogP contribution in [0.15, 0.2) is 30.3 Å². The van der Waals surface area contributed by atoms with Gasteiger partial charge in [-0.2, -0.15) is 0 Å². The van der Waals surface area contributed by atoms with Crippen molar-refractivity contribution in [2.24, 2.45) is 11.8 Å². The standard InChI is InChI=1S/C10H12N2O/c11-12-10(13)9-6-8(9)7-4-2-1-3-5-7/h1-5,8-9H,6,11H2,(H,12,13)/t8-,9+/m0/s1. The minimum atomic E-state index is -0.0474. The number of hydrogen-bond donors (Lipinski definition) is 2. The molecule has 3 heteroatoms. The summed E-state index contributed by atoms with van der Waals surface area (Å²) in [6.07, 6.45) is 0.924. The molecule has 0 unspecified atom stereocenters. The van der Waals surface area contributed by atoms with E-state index in [4.69, 9.17) is 5.84 Å². The van der Waals surface area contributed by atoms with Crippen LogP contribution in [0.4, 0.5) is 0 Å². The maximum atomic E-state index is 11.1. The smallest absolute Gasteiger partial charge is 0.237 e. The van der Waals surface area contributed by atoms with E-state index in [1.165, 1.54) is 5.56 Å². The van der Waals surface area contributed by atoms with Crippen LogP contribution in [-0.4, -0.2) is 5.91 Å². The van der Waals surface area contributed by atoms with Gasteiger partial charge in [0, 0.05) is 5.92 Å². The number of nitrogens with two attached hydrogens (primary N) is 1. The molecule has 0 aromatic heterocycles. The van der Waals surface area contributed by atoms with Gasteiger partial charge in [0.2, 0.25) is 5.91 Å². The highest BCUT2D eigenvalue weighted by Gasteiger charge is 2.43. The maximum absolute atomic E-state index is 11.1. The Bertz CT molecular complexity index is 310. The molecule has 1 aromatic rings. The molecule has 13 heavy (non-hydrogen) atoms. The van der Waals surface area contributed by atoms with Crippen LogP contribution < -0.4 is 11.3 Å². The van der Waals surface area contributed by atoms with Crippen LogP contribution in [0, 0.1) is 5.92 Å².